The Morgan fingerprint density at radius 2 is 1.67 bits per heavy atom. The third-order valence-electron chi connectivity index (χ3n) is 8.57. The van der Waals surface area contributed by atoms with Crippen LogP contribution in [0, 0.1) is 0 Å². The highest BCUT2D eigenvalue weighted by Crippen LogP contribution is 2.37. The van der Waals surface area contributed by atoms with Crippen LogP contribution >= 0.6 is 23.4 Å². The fourth-order valence-corrected chi connectivity index (χ4v) is 6.85. The van der Waals surface area contributed by atoms with Gasteiger partial charge in [-0.05, 0) is 65.7 Å². The van der Waals surface area contributed by atoms with E-state index < -0.39 is 22.9 Å². The Hall–Kier alpha value is -4.49. The van der Waals surface area contributed by atoms with Crippen LogP contribution in [-0.4, -0.2) is 71.8 Å². The van der Waals surface area contributed by atoms with Crippen LogP contribution in [0.4, 0.5) is 18.9 Å². The summed E-state index contributed by atoms with van der Waals surface area (Å²) in [5.41, 5.74) is -2.50. The predicted octanol–water partition coefficient (Wildman–Crippen LogP) is 5.87. The van der Waals surface area contributed by atoms with Gasteiger partial charge in [-0.3, -0.25) is 19.2 Å². The molecule has 0 spiro atoms. The number of halogens is 4. The van der Waals surface area contributed by atoms with Crippen molar-refractivity contribution < 1.29 is 32.0 Å². The molecule has 0 radical (unpaired) electrons. The van der Waals surface area contributed by atoms with E-state index in [2.05, 4.69) is 10.2 Å². The van der Waals surface area contributed by atoms with Crippen molar-refractivity contribution in [3.05, 3.63) is 105 Å². The molecule has 0 unspecified atom stereocenters. The van der Waals surface area contributed by atoms with Gasteiger partial charge in [0.2, 0.25) is 11.8 Å². The number of hydrogen-bond acceptors (Lipinski definition) is 7. The van der Waals surface area contributed by atoms with Gasteiger partial charge in [0, 0.05) is 73.8 Å². The average molecular weight is 713 g/mol. The van der Waals surface area contributed by atoms with E-state index in [0.29, 0.717) is 44.2 Å². The van der Waals surface area contributed by atoms with E-state index in [4.69, 9.17) is 16.0 Å². The Morgan fingerprint density at radius 1 is 0.939 bits per heavy atom. The SMILES string of the molecule is O=C(N[C@@H](Cc1ccc(Cl)cc1)C(=O)N1CCN(c2ccccc2CN2CCCC2=O)CC1)c1cc(=O)c2cc(SC(F)(F)F)ccc2o1. The molecule has 49 heavy (non-hydrogen) atoms. The molecule has 256 valence electrons. The van der Waals surface area contributed by atoms with Crippen LogP contribution in [0.3, 0.4) is 0 Å². The number of benzene rings is 3. The summed E-state index contributed by atoms with van der Waals surface area (Å²) < 4.78 is 44.2. The highest BCUT2D eigenvalue weighted by atomic mass is 35.5. The van der Waals surface area contributed by atoms with Gasteiger partial charge in [0.05, 0.1) is 5.39 Å². The number of piperazine rings is 1. The highest BCUT2D eigenvalue weighted by molar-refractivity contribution is 8.00. The number of alkyl halides is 3. The number of fused-ring (bicyclic) bond motifs is 1. The van der Waals surface area contributed by atoms with E-state index in [0.717, 1.165) is 48.0 Å². The molecule has 3 amide bonds. The molecule has 1 N–H and O–H groups in total. The molecule has 3 heterocycles. The number of likely N-dealkylation sites (tertiary alicyclic amines) is 1. The Morgan fingerprint density at radius 3 is 2.37 bits per heavy atom. The van der Waals surface area contributed by atoms with E-state index in [1.54, 1.807) is 29.2 Å². The van der Waals surface area contributed by atoms with Crippen molar-refractivity contribution in [2.45, 2.75) is 42.3 Å². The van der Waals surface area contributed by atoms with Gasteiger partial charge in [-0.15, -0.1) is 0 Å². The molecule has 14 heteroatoms. The van der Waals surface area contributed by atoms with Crippen LogP contribution in [0.2, 0.25) is 5.02 Å². The van der Waals surface area contributed by atoms with Crippen LogP contribution in [0.15, 0.2) is 86.9 Å². The first kappa shape index (κ1) is 34.4. The van der Waals surface area contributed by atoms with E-state index in [-0.39, 0.29) is 51.6 Å². The molecular weight excluding hydrogens is 681 g/mol. The van der Waals surface area contributed by atoms with Gasteiger partial charge in [0.1, 0.15) is 11.6 Å². The third-order valence-corrected chi connectivity index (χ3v) is 9.54. The summed E-state index contributed by atoms with van der Waals surface area (Å²) >= 11 is 5.70. The van der Waals surface area contributed by atoms with E-state index in [9.17, 15) is 32.3 Å². The van der Waals surface area contributed by atoms with Gasteiger partial charge in [-0.2, -0.15) is 13.2 Å². The molecule has 4 aromatic rings. The van der Waals surface area contributed by atoms with Crippen molar-refractivity contribution in [3.8, 4) is 0 Å². The fraction of sp³-hybridized carbons (Fsp3) is 0.314. The lowest BCUT2D eigenvalue weighted by atomic mass is 10.0. The van der Waals surface area contributed by atoms with E-state index >= 15 is 0 Å². The highest BCUT2D eigenvalue weighted by Gasteiger charge is 2.32. The summed E-state index contributed by atoms with van der Waals surface area (Å²) in [6, 6.07) is 18.1. The maximum atomic E-state index is 14.0. The summed E-state index contributed by atoms with van der Waals surface area (Å²) in [5, 5.41) is 3.13. The Balaban J connectivity index is 1.18. The molecule has 0 aliphatic carbocycles. The van der Waals surface area contributed by atoms with Crippen molar-refractivity contribution in [1.29, 1.82) is 0 Å². The third kappa shape index (κ3) is 8.39. The second-order valence-corrected chi connectivity index (χ2v) is 13.5. The van der Waals surface area contributed by atoms with Crippen LogP contribution in [-0.2, 0) is 22.6 Å². The zero-order chi connectivity index (χ0) is 34.7. The van der Waals surface area contributed by atoms with Crippen molar-refractivity contribution >= 4 is 57.7 Å². The van der Waals surface area contributed by atoms with Gasteiger partial charge < -0.3 is 24.4 Å². The standard InChI is InChI=1S/C35H32ClF3N4O5S/c36-24-9-7-22(8-10-24)18-27(40-33(46)31-20-29(44)26-19-25(49-35(37,38)39)11-12-30(26)48-31)34(47)42-16-14-41(15-17-42)28-5-2-1-4-23(28)21-43-13-3-6-32(43)45/h1-2,4-5,7-12,19-20,27H,3,6,13-18,21H2,(H,40,46)/t27-/m0/s1. The molecule has 2 fully saturated rings. The largest absolute Gasteiger partial charge is 0.451 e. The molecule has 2 aliphatic heterocycles. The summed E-state index contributed by atoms with van der Waals surface area (Å²) in [7, 11) is 0. The molecule has 0 saturated carbocycles. The molecule has 0 bridgehead atoms. The second kappa shape index (κ2) is 14.6. The van der Waals surface area contributed by atoms with Gasteiger partial charge in [0.15, 0.2) is 11.2 Å². The first-order valence-corrected chi connectivity index (χ1v) is 16.9. The fourth-order valence-electron chi connectivity index (χ4n) is 6.15. The number of para-hydroxylation sites is 1. The number of anilines is 1. The van der Waals surface area contributed by atoms with Crippen molar-refractivity contribution in [2.24, 2.45) is 0 Å². The summed E-state index contributed by atoms with van der Waals surface area (Å²) in [6.45, 7) is 3.10. The van der Waals surface area contributed by atoms with Crippen LogP contribution in [0.1, 0.15) is 34.5 Å². The topological polar surface area (TPSA) is 103 Å². The number of rotatable bonds is 9. The number of carbonyl (C=O) groups is 3. The van der Waals surface area contributed by atoms with Crippen LogP contribution in [0.5, 0.6) is 0 Å². The minimum Gasteiger partial charge on any atom is -0.451 e. The minimum absolute atomic E-state index is 0.0600. The van der Waals surface area contributed by atoms with Crippen molar-refractivity contribution in [2.75, 3.05) is 37.6 Å². The number of hydrogen-bond donors (Lipinski definition) is 1. The Bertz CT molecular complexity index is 1930. The number of thioether (sulfide) groups is 1. The lowest BCUT2D eigenvalue weighted by Crippen LogP contribution is -2.55. The molecule has 2 aliphatic rings. The molecule has 1 aromatic heterocycles. The van der Waals surface area contributed by atoms with Gasteiger partial charge in [0.25, 0.3) is 5.91 Å². The maximum absolute atomic E-state index is 14.0. The lowest BCUT2D eigenvalue weighted by molar-refractivity contribution is -0.133. The molecule has 6 rings (SSSR count). The van der Waals surface area contributed by atoms with Gasteiger partial charge >= 0.3 is 5.51 Å². The minimum atomic E-state index is -4.54. The Labute approximate surface area is 289 Å². The van der Waals surface area contributed by atoms with E-state index in [1.807, 2.05) is 29.2 Å². The number of amides is 3. The number of nitrogens with zero attached hydrogens (tertiary/aromatic N) is 3. The smallest absolute Gasteiger partial charge is 0.446 e. The normalized spacial score (nSPS) is 15.9. The molecule has 3 aromatic carbocycles. The molecule has 2 saturated heterocycles. The van der Waals surface area contributed by atoms with E-state index in [1.165, 1.54) is 6.07 Å². The molecule has 1 atom stereocenters. The van der Waals surface area contributed by atoms with Gasteiger partial charge in [-0.1, -0.05) is 41.9 Å². The molecular formula is C35H32ClF3N4O5S. The molecule has 9 nitrogen and oxygen atoms in total. The quantitative estimate of drug-likeness (QED) is 0.217. The number of nitrogens with one attached hydrogen (secondary N) is 1. The number of carbonyl (C=O) groups excluding carboxylic acids is 3. The van der Waals surface area contributed by atoms with Crippen molar-refractivity contribution in [3.63, 3.8) is 0 Å². The monoisotopic (exact) mass is 712 g/mol. The van der Waals surface area contributed by atoms with Crippen LogP contribution < -0.4 is 15.6 Å². The first-order valence-electron chi connectivity index (χ1n) is 15.7. The van der Waals surface area contributed by atoms with Gasteiger partial charge in [-0.25, -0.2) is 0 Å². The van der Waals surface area contributed by atoms with Crippen molar-refractivity contribution in [1.82, 2.24) is 15.1 Å². The summed E-state index contributed by atoms with van der Waals surface area (Å²) in [6.07, 6.45) is 1.55. The summed E-state index contributed by atoms with van der Waals surface area (Å²) in [5.74, 6) is -1.36. The predicted molar refractivity (Wildman–Crippen MR) is 181 cm³/mol. The Kier molecular flexibility index (Phi) is 10.2. The zero-order valence-electron chi connectivity index (χ0n) is 26.2. The lowest BCUT2D eigenvalue weighted by Gasteiger charge is -2.38. The average Bonchev–Trinajstić information content (AvgIpc) is 3.48. The second-order valence-electron chi connectivity index (χ2n) is 11.9. The van der Waals surface area contributed by atoms with Crippen LogP contribution in [0.25, 0.3) is 11.0 Å². The zero-order valence-corrected chi connectivity index (χ0v) is 27.7. The maximum Gasteiger partial charge on any atom is 0.446 e. The first-order chi connectivity index (χ1) is 23.4. The summed E-state index contributed by atoms with van der Waals surface area (Å²) in [4.78, 5) is 58.1.